The highest BCUT2D eigenvalue weighted by Gasteiger charge is 2.08. The third kappa shape index (κ3) is 4.98. The highest BCUT2D eigenvalue weighted by molar-refractivity contribution is 5.69. The minimum absolute atomic E-state index is 0.0568. The van der Waals surface area contributed by atoms with Crippen molar-refractivity contribution in [2.45, 2.75) is 20.4 Å². The van der Waals surface area contributed by atoms with Gasteiger partial charge in [0.25, 0.3) is 0 Å². The van der Waals surface area contributed by atoms with E-state index in [-0.39, 0.29) is 6.61 Å². The predicted octanol–water partition coefficient (Wildman–Crippen LogP) is 4.47. The Morgan fingerprint density at radius 3 is 2.46 bits per heavy atom. The molecule has 0 atom stereocenters. The van der Waals surface area contributed by atoms with Crippen molar-refractivity contribution in [3.63, 3.8) is 0 Å². The highest BCUT2D eigenvalue weighted by atomic mass is 16.3. The van der Waals surface area contributed by atoms with E-state index in [2.05, 4.69) is 52.2 Å². The third-order valence-corrected chi connectivity index (χ3v) is 4.64. The van der Waals surface area contributed by atoms with Crippen LogP contribution >= 0.6 is 0 Å². The summed E-state index contributed by atoms with van der Waals surface area (Å²) in [6.45, 7) is 5.25. The van der Waals surface area contributed by atoms with Crippen LogP contribution in [0.25, 0.3) is 11.1 Å². The van der Waals surface area contributed by atoms with E-state index >= 15 is 0 Å². The number of benzene rings is 1. The van der Waals surface area contributed by atoms with Gasteiger partial charge in [-0.05, 0) is 65.9 Å². The highest BCUT2D eigenvalue weighted by Crippen LogP contribution is 2.27. The summed E-state index contributed by atoms with van der Waals surface area (Å²) in [4.78, 5) is 10.6. The molecular formula is C22H25N5O. The molecule has 0 saturated heterocycles. The zero-order valence-electron chi connectivity index (χ0n) is 16.5. The van der Waals surface area contributed by atoms with E-state index in [0.717, 1.165) is 22.5 Å². The average molecular weight is 375 g/mol. The second-order valence-corrected chi connectivity index (χ2v) is 6.77. The van der Waals surface area contributed by atoms with E-state index in [9.17, 15) is 5.11 Å². The van der Waals surface area contributed by atoms with Crippen LogP contribution in [0, 0.1) is 13.8 Å². The van der Waals surface area contributed by atoms with Crippen molar-refractivity contribution in [1.29, 1.82) is 0 Å². The van der Waals surface area contributed by atoms with Crippen molar-refractivity contribution >= 4 is 11.6 Å². The van der Waals surface area contributed by atoms with Crippen molar-refractivity contribution in [3.8, 4) is 11.1 Å². The summed E-state index contributed by atoms with van der Waals surface area (Å²) < 4.78 is 0. The van der Waals surface area contributed by atoms with E-state index in [1.54, 1.807) is 12.4 Å². The Balaban J connectivity index is 1.88. The topological polar surface area (TPSA) is 74.0 Å². The Morgan fingerprint density at radius 1 is 0.964 bits per heavy atom. The Bertz CT molecular complexity index is 956. The summed E-state index contributed by atoms with van der Waals surface area (Å²) >= 11 is 0. The summed E-state index contributed by atoms with van der Waals surface area (Å²) in [5.41, 5.74) is 5.65. The third-order valence-electron chi connectivity index (χ3n) is 4.64. The molecule has 6 heteroatoms. The van der Waals surface area contributed by atoms with Crippen LogP contribution in [-0.4, -0.2) is 35.3 Å². The van der Waals surface area contributed by atoms with Crippen molar-refractivity contribution in [2.24, 2.45) is 10.2 Å². The van der Waals surface area contributed by atoms with Gasteiger partial charge >= 0.3 is 0 Å². The van der Waals surface area contributed by atoms with Gasteiger partial charge in [-0.15, -0.1) is 5.11 Å². The first-order valence-electron chi connectivity index (χ1n) is 9.25. The predicted molar refractivity (Wildman–Crippen MR) is 112 cm³/mol. The van der Waals surface area contributed by atoms with E-state index in [4.69, 9.17) is 0 Å². The van der Waals surface area contributed by atoms with Gasteiger partial charge in [-0.2, -0.15) is 5.11 Å². The fourth-order valence-corrected chi connectivity index (χ4v) is 2.82. The molecule has 144 valence electrons. The van der Waals surface area contributed by atoms with Crippen molar-refractivity contribution in [3.05, 3.63) is 71.5 Å². The maximum absolute atomic E-state index is 9.24. The Kier molecular flexibility index (Phi) is 6.45. The van der Waals surface area contributed by atoms with E-state index in [0.29, 0.717) is 18.9 Å². The van der Waals surface area contributed by atoms with Gasteiger partial charge in [-0.25, -0.2) is 4.98 Å². The molecule has 0 aliphatic heterocycles. The lowest BCUT2D eigenvalue weighted by molar-refractivity contribution is 0.304. The molecule has 0 fully saturated rings. The number of likely N-dealkylation sites (N-methyl/N-ethyl adjacent to an activating group) is 1. The molecule has 0 aliphatic carbocycles. The summed E-state index contributed by atoms with van der Waals surface area (Å²) in [6, 6.07) is 14.1. The van der Waals surface area contributed by atoms with Crippen molar-refractivity contribution < 1.29 is 5.11 Å². The largest absolute Gasteiger partial charge is 0.395 e. The van der Waals surface area contributed by atoms with Gasteiger partial charge in [0, 0.05) is 26.0 Å². The minimum atomic E-state index is 0.0568. The van der Waals surface area contributed by atoms with Crippen LogP contribution in [-0.2, 0) is 6.54 Å². The number of hydrogen-bond donors (Lipinski definition) is 1. The van der Waals surface area contributed by atoms with Gasteiger partial charge in [-0.1, -0.05) is 18.2 Å². The molecule has 2 aromatic heterocycles. The number of anilines is 1. The van der Waals surface area contributed by atoms with Crippen LogP contribution in [0.15, 0.2) is 65.1 Å². The molecule has 28 heavy (non-hydrogen) atoms. The summed E-state index contributed by atoms with van der Waals surface area (Å²) in [5.74, 6) is 1.28. The van der Waals surface area contributed by atoms with Crippen LogP contribution in [0.5, 0.6) is 0 Å². The lowest BCUT2D eigenvalue weighted by atomic mass is 10.1. The number of aryl methyl sites for hydroxylation is 2. The standard InChI is InChI=1S/C22H25N5O/c1-16-4-5-18(12-17(16)2)15-24-26-21-13-20(19-6-8-23-9-7-19)14-22(25-21)27(3)10-11-28/h4-9,12-14,28H,10-11,15H2,1-3H3. The molecule has 1 N–H and O–H groups in total. The number of aromatic nitrogens is 2. The second-order valence-electron chi connectivity index (χ2n) is 6.77. The Morgan fingerprint density at radius 2 is 1.75 bits per heavy atom. The zero-order chi connectivity index (χ0) is 19.9. The maximum atomic E-state index is 9.24. The first-order chi connectivity index (χ1) is 13.6. The Labute approximate surface area is 165 Å². The monoisotopic (exact) mass is 375 g/mol. The molecule has 0 saturated carbocycles. The van der Waals surface area contributed by atoms with Gasteiger partial charge in [0.05, 0.1) is 13.2 Å². The molecule has 0 bridgehead atoms. The normalized spacial score (nSPS) is 11.1. The molecule has 3 rings (SSSR count). The van der Waals surface area contributed by atoms with Crippen LogP contribution in [0.1, 0.15) is 16.7 Å². The summed E-state index contributed by atoms with van der Waals surface area (Å²) in [5, 5.41) is 17.9. The lowest BCUT2D eigenvalue weighted by Gasteiger charge is -2.18. The van der Waals surface area contributed by atoms with Crippen LogP contribution in [0.3, 0.4) is 0 Å². The number of aliphatic hydroxyl groups is 1. The van der Waals surface area contributed by atoms with Crippen LogP contribution < -0.4 is 4.90 Å². The smallest absolute Gasteiger partial charge is 0.176 e. The molecule has 0 amide bonds. The van der Waals surface area contributed by atoms with Crippen molar-refractivity contribution in [1.82, 2.24) is 9.97 Å². The van der Waals surface area contributed by atoms with Gasteiger partial charge in [0.15, 0.2) is 5.82 Å². The SMILES string of the molecule is Cc1ccc(CN=Nc2cc(-c3ccncc3)cc(N(C)CCO)n2)cc1C. The molecular weight excluding hydrogens is 350 g/mol. The van der Waals surface area contributed by atoms with Gasteiger partial charge in [0.1, 0.15) is 5.82 Å². The number of hydrogen-bond acceptors (Lipinski definition) is 6. The molecule has 2 heterocycles. The lowest BCUT2D eigenvalue weighted by Crippen LogP contribution is -2.22. The molecule has 0 radical (unpaired) electrons. The fraction of sp³-hybridized carbons (Fsp3) is 0.273. The number of rotatable bonds is 7. The summed E-state index contributed by atoms with van der Waals surface area (Å²) in [7, 11) is 1.89. The number of azo groups is 1. The van der Waals surface area contributed by atoms with Gasteiger partial charge in [-0.3, -0.25) is 4.98 Å². The van der Waals surface area contributed by atoms with Gasteiger partial charge < -0.3 is 10.0 Å². The quantitative estimate of drug-likeness (QED) is 0.618. The molecule has 0 spiro atoms. The van der Waals surface area contributed by atoms with E-state index in [1.807, 2.05) is 36.2 Å². The average Bonchev–Trinajstić information content (AvgIpc) is 2.71. The first-order valence-corrected chi connectivity index (χ1v) is 9.25. The minimum Gasteiger partial charge on any atom is -0.395 e. The molecule has 0 aliphatic rings. The Hall–Kier alpha value is -3.12. The van der Waals surface area contributed by atoms with Crippen LogP contribution in [0.4, 0.5) is 11.6 Å². The molecule has 0 unspecified atom stereocenters. The number of aliphatic hydroxyl groups excluding tert-OH is 1. The van der Waals surface area contributed by atoms with Crippen LogP contribution in [0.2, 0.25) is 0 Å². The molecule has 6 nitrogen and oxygen atoms in total. The van der Waals surface area contributed by atoms with E-state index < -0.39 is 0 Å². The summed E-state index contributed by atoms with van der Waals surface area (Å²) in [6.07, 6.45) is 3.52. The number of pyridine rings is 2. The number of nitrogens with zero attached hydrogens (tertiary/aromatic N) is 5. The molecule has 1 aromatic carbocycles. The van der Waals surface area contributed by atoms with Gasteiger partial charge in [0.2, 0.25) is 0 Å². The first kappa shape index (κ1) is 19.6. The second kappa shape index (κ2) is 9.19. The van der Waals surface area contributed by atoms with E-state index in [1.165, 1.54) is 11.1 Å². The van der Waals surface area contributed by atoms with Crippen molar-refractivity contribution in [2.75, 3.05) is 25.1 Å². The zero-order valence-corrected chi connectivity index (χ0v) is 16.5. The molecule has 3 aromatic rings. The maximum Gasteiger partial charge on any atom is 0.176 e. The fourth-order valence-electron chi connectivity index (χ4n) is 2.82.